The van der Waals surface area contributed by atoms with Crippen molar-refractivity contribution in [2.75, 3.05) is 25.0 Å². The second-order valence-corrected chi connectivity index (χ2v) is 4.70. The van der Waals surface area contributed by atoms with Gasteiger partial charge in [-0.2, -0.15) is 0 Å². The van der Waals surface area contributed by atoms with Crippen LogP contribution in [0.15, 0.2) is 6.33 Å². The average molecular weight is 236 g/mol. The fraction of sp³-hybridized carbons (Fsp3) is 0.667. The first-order valence-corrected chi connectivity index (χ1v) is 6.08. The summed E-state index contributed by atoms with van der Waals surface area (Å²) in [5.74, 6) is 1.54. The Hall–Kier alpha value is -1.36. The molecule has 5 heteroatoms. The summed E-state index contributed by atoms with van der Waals surface area (Å²) in [6.07, 6.45) is 2.65. The third-order valence-electron chi connectivity index (χ3n) is 3.11. The molecule has 0 bridgehead atoms. The second kappa shape index (κ2) is 4.87. The Kier molecular flexibility index (Phi) is 3.47. The largest absolute Gasteiger partial charge is 0.478 e. The number of rotatable bonds is 4. The Balaban J connectivity index is 2.18. The van der Waals surface area contributed by atoms with Crippen LogP contribution in [0.1, 0.15) is 25.8 Å². The first-order chi connectivity index (χ1) is 8.14. The van der Waals surface area contributed by atoms with E-state index in [9.17, 15) is 0 Å². The first kappa shape index (κ1) is 12.1. The van der Waals surface area contributed by atoms with Gasteiger partial charge in [-0.15, -0.1) is 0 Å². The van der Waals surface area contributed by atoms with Gasteiger partial charge in [-0.05, 0) is 33.7 Å². The molecule has 0 spiro atoms. The van der Waals surface area contributed by atoms with Crippen LogP contribution in [0.5, 0.6) is 5.88 Å². The standard InChI is InChI=1S/C12H20N4O/c1-4-17-11-9(2)10(14-8-15-11)16-12(3)5-6-13-7-12/h8,13H,4-7H2,1-3H3,(H,14,15,16). The van der Waals surface area contributed by atoms with E-state index in [0.717, 1.165) is 30.9 Å². The summed E-state index contributed by atoms with van der Waals surface area (Å²) in [5, 5.41) is 6.85. The SMILES string of the molecule is CCOc1ncnc(NC2(C)CCNC2)c1C. The van der Waals surface area contributed by atoms with Crippen molar-refractivity contribution < 1.29 is 4.74 Å². The molecule has 0 aromatic carbocycles. The molecule has 0 amide bonds. The zero-order valence-electron chi connectivity index (χ0n) is 10.7. The van der Waals surface area contributed by atoms with Crippen LogP contribution in [-0.4, -0.2) is 35.2 Å². The van der Waals surface area contributed by atoms with Gasteiger partial charge in [0.25, 0.3) is 0 Å². The van der Waals surface area contributed by atoms with Gasteiger partial charge in [-0.25, -0.2) is 9.97 Å². The molecule has 1 aliphatic rings. The third-order valence-corrected chi connectivity index (χ3v) is 3.11. The van der Waals surface area contributed by atoms with E-state index >= 15 is 0 Å². The smallest absolute Gasteiger partial charge is 0.221 e. The van der Waals surface area contributed by atoms with Gasteiger partial charge in [-0.1, -0.05) is 0 Å². The fourth-order valence-electron chi connectivity index (χ4n) is 2.05. The molecule has 0 saturated carbocycles. The average Bonchev–Trinajstić information content (AvgIpc) is 2.71. The van der Waals surface area contributed by atoms with Gasteiger partial charge in [0.15, 0.2) is 0 Å². The minimum Gasteiger partial charge on any atom is -0.478 e. The Morgan fingerprint density at radius 2 is 2.35 bits per heavy atom. The van der Waals surface area contributed by atoms with Gasteiger partial charge in [0.2, 0.25) is 5.88 Å². The molecule has 1 aliphatic heterocycles. The zero-order valence-corrected chi connectivity index (χ0v) is 10.7. The van der Waals surface area contributed by atoms with Crippen molar-refractivity contribution in [2.24, 2.45) is 0 Å². The lowest BCUT2D eigenvalue weighted by Crippen LogP contribution is -2.37. The summed E-state index contributed by atoms with van der Waals surface area (Å²) < 4.78 is 5.47. The van der Waals surface area contributed by atoms with Gasteiger partial charge in [0.1, 0.15) is 12.1 Å². The molecule has 1 saturated heterocycles. The van der Waals surface area contributed by atoms with E-state index in [2.05, 4.69) is 27.5 Å². The number of hydrogen-bond acceptors (Lipinski definition) is 5. The van der Waals surface area contributed by atoms with Crippen LogP contribution in [0.4, 0.5) is 5.82 Å². The van der Waals surface area contributed by atoms with E-state index < -0.39 is 0 Å². The monoisotopic (exact) mass is 236 g/mol. The first-order valence-electron chi connectivity index (χ1n) is 6.08. The van der Waals surface area contributed by atoms with Crippen molar-refractivity contribution in [2.45, 2.75) is 32.7 Å². The highest BCUT2D eigenvalue weighted by atomic mass is 16.5. The van der Waals surface area contributed by atoms with Crippen molar-refractivity contribution in [3.8, 4) is 5.88 Å². The number of anilines is 1. The van der Waals surface area contributed by atoms with E-state index in [1.165, 1.54) is 0 Å². The molecule has 0 radical (unpaired) electrons. The Morgan fingerprint density at radius 1 is 1.53 bits per heavy atom. The summed E-state index contributed by atoms with van der Waals surface area (Å²) in [5.41, 5.74) is 1.05. The normalized spacial score (nSPS) is 23.7. The molecule has 2 N–H and O–H groups in total. The number of aromatic nitrogens is 2. The van der Waals surface area contributed by atoms with Crippen LogP contribution < -0.4 is 15.4 Å². The lowest BCUT2D eigenvalue weighted by atomic mass is 10.0. The summed E-state index contributed by atoms with van der Waals surface area (Å²) >= 11 is 0. The van der Waals surface area contributed by atoms with E-state index in [1.54, 1.807) is 6.33 Å². The number of hydrogen-bond donors (Lipinski definition) is 2. The molecular formula is C12H20N4O. The predicted octanol–water partition coefficient (Wildman–Crippen LogP) is 1.35. The van der Waals surface area contributed by atoms with Crippen LogP contribution in [0.2, 0.25) is 0 Å². The summed E-state index contributed by atoms with van der Waals surface area (Å²) in [7, 11) is 0. The van der Waals surface area contributed by atoms with Crippen LogP contribution in [-0.2, 0) is 0 Å². The van der Waals surface area contributed by atoms with E-state index in [0.29, 0.717) is 12.5 Å². The molecule has 1 atom stereocenters. The molecule has 2 heterocycles. The molecule has 1 fully saturated rings. The maximum Gasteiger partial charge on any atom is 0.221 e. The van der Waals surface area contributed by atoms with Crippen LogP contribution >= 0.6 is 0 Å². The third kappa shape index (κ3) is 2.66. The molecule has 94 valence electrons. The maximum absolute atomic E-state index is 5.47. The topological polar surface area (TPSA) is 59.1 Å². The van der Waals surface area contributed by atoms with Crippen LogP contribution in [0.3, 0.4) is 0 Å². The van der Waals surface area contributed by atoms with Gasteiger partial charge in [0, 0.05) is 12.1 Å². The van der Waals surface area contributed by atoms with E-state index in [4.69, 9.17) is 4.74 Å². The van der Waals surface area contributed by atoms with Crippen molar-refractivity contribution in [1.29, 1.82) is 0 Å². The van der Waals surface area contributed by atoms with Crippen LogP contribution in [0.25, 0.3) is 0 Å². The molecule has 5 nitrogen and oxygen atoms in total. The Labute approximate surface area is 102 Å². The predicted molar refractivity (Wildman–Crippen MR) is 67.5 cm³/mol. The minimum absolute atomic E-state index is 0.0720. The van der Waals surface area contributed by atoms with Crippen LogP contribution in [0, 0.1) is 6.92 Å². The quantitative estimate of drug-likeness (QED) is 0.826. The number of nitrogens with zero attached hydrogens (tertiary/aromatic N) is 2. The Morgan fingerprint density at radius 3 is 3.00 bits per heavy atom. The molecule has 1 unspecified atom stereocenters. The zero-order chi connectivity index (χ0) is 12.3. The van der Waals surface area contributed by atoms with Crippen molar-refractivity contribution in [1.82, 2.24) is 15.3 Å². The lowest BCUT2D eigenvalue weighted by molar-refractivity contribution is 0.323. The fourth-order valence-corrected chi connectivity index (χ4v) is 2.05. The van der Waals surface area contributed by atoms with Gasteiger partial charge >= 0.3 is 0 Å². The van der Waals surface area contributed by atoms with Crippen molar-refractivity contribution >= 4 is 5.82 Å². The maximum atomic E-state index is 5.47. The molecular weight excluding hydrogens is 216 g/mol. The highest BCUT2D eigenvalue weighted by molar-refractivity contribution is 5.49. The van der Waals surface area contributed by atoms with Crippen molar-refractivity contribution in [3.05, 3.63) is 11.9 Å². The molecule has 17 heavy (non-hydrogen) atoms. The van der Waals surface area contributed by atoms with Gasteiger partial charge in [-0.3, -0.25) is 0 Å². The molecule has 0 aliphatic carbocycles. The summed E-state index contributed by atoms with van der Waals surface area (Å²) in [4.78, 5) is 8.44. The highest BCUT2D eigenvalue weighted by Crippen LogP contribution is 2.25. The Bertz CT molecular complexity index is 388. The van der Waals surface area contributed by atoms with E-state index in [1.807, 2.05) is 13.8 Å². The second-order valence-electron chi connectivity index (χ2n) is 4.70. The minimum atomic E-state index is 0.0720. The van der Waals surface area contributed by atoms with Gasteiger partial charge < -0.3 is 15.4 Å². The molecule has 1 aromatic heterocycles. The summed E-state index contributed by atoms with van der Waals surface area (Å²) in [6, 6.07) is 0. The number of nitrogens with one attached hydrogen (secondary N) is 2. The summed E-state index contributed by atoms with van der Waals surface area (Å²) in [6.45, 7) is 8.77. The lowest BCUT2D eigenvalue weighted by Gasteiger charge is -2.26. The highest BCUT2D eigenvalue weighted by Gasteiger charge is 2.29. The number of ether oxygens (including phenoxy) is 1. The van der Waals surface area contributed by atoms with Gasteiger partial charge in [0.05, 0.1) is 12.2 Å². The molecule has 1 aromatic rings. The van der Waals surface area contributed by atoms with Crippen molar-refractivity contribution in [3.63, 3.8) is 0 Å². The van der Waals surface area contributed by atoms with E-state index in [-0.39, 0.29) is 5.54 Å². The molecule has 2 rings (SSSR count).